The van der Waals surface area contributed by atoms with E-state index >= 15 is 0 Å². The van der Waals surface area contributed by atoms with E-state index in [4.69, 9.17) is 9.47 Å². The molecule has 2 N–H and O–H groups in total. The molecule has 1 saturated heterocycles. The van der Waals surface area contributed by atoms with Gasteiger partial charge < -0.3 is 29.9 Å². The smallest absolute Gasteiger partial charge is 0.191 e. The van der Waals surface area contributed by atoms with Crippen molar-refractivity contribution in [2.75, 3.05) is 59.9 Å². The van der Waals surface area contributed by atoms with Gasteiger partial charge in [-0.2, -0.15) is 0 Å². The van der Waals surface area contributed by atoms with Crippen LogP contribution in [0.25, 0.3) is 0 Å². The average Bonchev–Trinajstić information content (AvgIpc) is 3.27. The van der Waals surface area contributed by atoms with Crippen LogP contribution in [0.5, 0.6) is 11.5 Å². The summed E-state index contributed by atoms with van der Waals surface area (Å²) in [6, 6.07) is 17.1. The molecule has 1 aliphatic heterocycles. The number of ether oxygens (including phenoxy) is 2. The highest BCUT2D eigenvalue weighted by atomic mass is 127. The van der Waals surface area contributed by atoms with Crippen LogP contribution in [-0.4, -0.2) is 71.9 Å². The molecule has 2 unspecified atom stereocenters. The zero-order chi connectivity index (χ0) is 22.2. The predicted molar refractivity (Wildman–Crippen MR) is 143 cm³/mol. The van der Waals surface area contributed by atoms with Crippen molar-refractivity contribution in [1.29, 1.82) is 0 Å². The second kappa shape index (κ2) is 12.7. The fourth-order valence-electron chi connectivity index (χ4n) is 3.94. The van der Waals surface area contributed by atoms with Crippen molar-refractivity contribution in [2.45, 2.75) is 18.5 Å². The van der Waals surface area contributed by atoms with Crippen molar-refractivity contribution < 1.29 is 9.47 Å². The number of hydrogen-bond donors (Lipinski definition) is 2. The molecule has 0 radical (unpaired) electrons. The monoisotopic (exact) mass is 553 g/mol. The van der Waals surface area contributed by atoms with Gasteiger partial charge in [0.25, 0.3) is 0 Å². The molecule has 2 atom stereocenters. The summed E-state index contributed by atoms with van der Waals surface area (Å²) in [5.74, 6) is 2.44. The van der Waals surface area contributed by atoms with Gasteiger partial charge in [-0.1, -0.05) is 30.3 Å². The van der Waals surface area contributed by atoms with Crippen LogP contribution in [0, 0.1) is 0 Å². The number of hydrogen-bond acceptors (Lipinski definition) is 5. The Morgan fingerprint density at radius 1 is 1.12 bits per heavy atom. The van der Waals surface area contributed by atoms with Gasteiger partial charge in [-0.25, -0.2) is 0 Å². The Labute approximate surface area is 209 Å². The predicted octanol–water partition coefficient (Wildman–Crippen LogP) is 3.37. The summed E-state index contributed by atoms with van der Waals surface area (Å²) in [6.45, 7) is 2.64. The third kappa shape index (κ3) is 6.90. The molecular weight excluding hydrogens is 517 g/mol. The van der Waals surface area contributed by atoms with Crippen LogP contribution in [-0.2, 0) is 0 Å². The number of nitrogens with zero attached hydrogens (tertiary/aromatic N) is 3. The lowest BCUT2D eigenvalue weighted by atomic mass is 10.1. The van der Waals surface area contributed by atoms with Crippen LogP contribution < -0.4 is 25.0 Å². The van der Waals surface area contributed by atoms with E-state index in [9.17, 15) is 0 Å². The van der Waals surface area contributed by atoms with Crippen LogP contribution in [0.4, 0.5) is 5.69 Å². The average molecular weight is 553 g/mol. The minimum atomic E-state index is 0. The number of nitrogens with one attached hydrogen (secondary N) is 2. The maximum atomic E-state index is 5.42. The van der Waals surface area contributed by atoms with E-state index in [2.05, 4.69) is 75.9 Å². The number of rotatable bonds is 8. The first-order chi connectivity index (χ1) is 15.0. The number of methoxy groups -OCH3 is 2. The second-order valence-electron chi connectivity index (χ2n) is 7.99. The molecule has 0 bridgehead atoms. The van der Waals surface area contributed by atoms with Gasteiger partial charge in [0, 0.05) is 56.6 Å². The Kier molecular flexibility index (Phi) is 10.4. The van der Waals surface area contributed by atoms with Crippen LogP contribution in [0.1, 0.15) is 18.0 Å². The number of halogens is 1. The van der Waals surface area contributed by atoms with E-state index in [1.165, 1.54) is 5.56 Å². The lowest BCUT2D eigenvalue weighted by Crippen LogP contribution is -2.46. The third-order valence-electron chi connectivity index (χ3n) is 5.72. The highest BCUT2D eigenvalue weighted by Gasteiger charge is 2.25. The molecule has 1 fully saturated rings. The molecule has 0 amide bonds. The van der Waals surface area contributed by atoms with Crippen LogP contribution in [0.15, 0.2) is 53.5 Å². The van der Waals surface area contributed by atoms with Gasteiger partial charge in [-0.05, 0) is 26.1 Å². The molecule has 0 spiro atoms. The summed E-state index contributed by atoms with van der Waals surface area (Å²) in [6.07, 6.45) is 1.04. The topological polar surface area (TPSA) is 61.4 Å². The third-order valence-corrected chi connectivity index (χ3v) is 5.72. The minimum absolute atomic E-state index is 0. The van der Waals surface area contributed by atoms with E-state index in [0.717, 1.165) is 49.2 Å². The van der Waals surface area contributed by atoms with Crippen molar-refractivity contribution in [1.82, 2.24) is 15.5 Å². The van der Waals surface area contributed by atoms with Crippen LogP contribution >= 0.6 is 24.0 Å². The molecule has 32 heavy (non-hydrogen) atoms. The quantitative estimate of drug-likeness (QED) is 0.297. The standard InChI is InChI=1S/C24H35N5O2.HI/c1-25-24(26-16-23(28(2)3)18-9-7-6-8-10-18)27-19-11-12-29(17-19)20-13-21(30-4)15-22(14-20)31-5;/h6-10,13-15,19,23H,11-12,16-17H2,1-5H3,(H2,25,26,27);1H. The van der Waals surface area contributed by atoms with E-state index in [1.807, 2.05) is 19.2 Å². The molecule has 0 aromatic heterocycles. The maximum absolute atomic E-state index is 5.42. The van der Waals surface area contributed by atoms with Crippen LogP contribution in [0.2, 0.25) is 0 Å². The number of guanidine groups is 1. The number of anilines is 1. The largest absolute Gasteiger partial charge is 0.497 e. The summed E-state index contributed by atoms with van der Waals surface area (Å²) in [7, 11) is 9.39. The molecule has 2 aromatic rings. The van der Waals surface area contributed by atoms with Crippen molar-refractivity contribution in [3.63, 3.8) is 0 Å². The Hall–Kier alpha value is -2.20. The van der Waals surface area contributed by atoms with Crippen molar-refractivity contribution in [3.8, 4) is 11.5 Å². The normalized spacial score (nSPS) is 17.0. The summed E-state index contributed by atoms with van der Waals surface area (Å²) in [4.78, 5) is 9.02. The van der Waals surface area contributed by atoms with E-state index in [-0.39, 0.29) is 30.0 Å². The van der Waals surface area contributed by atoms with Crippen molar-refractivity contribution >= 4 is 35.6 Å². The molecule has 2 aromatic carbocycles. The Balaban J connectivity index is 0.00000363. The lowest BCUT2D eigenvalue weighted by molar-refractivity contribution is 0.298. The summed E-state index contributed by atoms with van der Waals surface area (Å²) in [5.41, 5.74) is 2.40. The first-order valence-electron chi connectivity index (χ1n) is 10.7. The zero-order valence-corrected chi connectivity index (χ0v) is 22.0. The Morgan fingerprint density at radius 3 is 2.34 bits per heavy atom. The number of benzene rings is 2. The van der Waals surface area contributed by atoms with Gasteiger partial charge in [0.15, 0.2) is 5.96 Å². The molecule has 7 nitrogen and oxygen atoms in total. The van der Waals surface area contributed by atoms with Crippen molar-refractivity contribution in [3.05, 3.63) is 54.1 Å². The van der Waals surface area contributed by atoms with Gasteiger partial charge >= 0.3 is 0 Å². The number of aliphatic imine (C=N–C) groups is 1. The van der Waals surface area contributed by atoms with E-state index in [1.54, 1.807) is 14.2 Å². The fraction of sp³-hybridized carbons (Fsp3) is 0.458. The molecule has 0 saturated carbocycles. The fourth-order valence-corrected chi connectivity index (χ4v) is 3.94. The molecule has 3 rings (SSSR count). The van der Waals surface area contributed by atoms with E-state index in [0.29, 0.717) is 6.04 Å². The molecule has 1 heterocycles. The first kappa shape index (κ1) is 26.1. The SMILES string of the molecule is CN=C(NCC(c1ccccc1)N(C)C)NC1CCN(c2cc(OC)cc(OC)c2)C1.I. The molecule has 8 heteroatoms. The molecular formula is C24H36IN5O2. The second-order valence-corrected chi connectivity index (χ2v) is 7.99. The minimum Gasteiger partial charge on any atom is -0.497 e. The highest BCUT2D eigenvalue weighted by Crippen LogP contribution is 2.30. The number of likely N-dealkylation sites (N-methyl/N-ethyl adjacent to an activating group) is 1. The Bertz CT molecular complexity index is 840. The van der Waals surface area contributed by atoms with Gasteiger partial charge in [-0.15, -0.1) is 24.0 Å². The molecule has 0 aliphatic carbocycles. The lowest BCUT2D eigenvalue weighted by Gasteiger charge is -2.27. The van der Waals surface area contributed by atoms with Gasteiger partial charge in [0.05, 0.1) is 20.3 Å². The van der Waals surface area contributed by atoms with Gasteiger partial charge in [0.2, 0.25) is 0 Å². The summed E-state index contributed by atoms with van der Waals surface area (Å²) >= 11 is 0. The van der Waals surface area contributed by atoms with Crippen LogP contribution in [0.3, 0.4) is 0 Å². The molecule has 176 valence electrons. The zero-order valence-electron chi connectivity index (χ0n) is 19.7. The van der Waals surface area contributed by atoms with Gasteiger partial charge in [-0.3, -0.25) is 4.99 Å². The van der Waals surface area contributed by atoms with Gasteiger partial charge in [0.1, 0.15) is 11.5 Å². The maximum Gasteiger partial charge on any atom is 0.191 e. The van der Waals surface area contributed by atoms with Crippen molar-refractivity contribution in [2.24, 2.45) is 4.99 Å². The summed E-state index contributed by atoms with van der Waals surface area (Å²) in [5, 5.41) is 7.09. The first-order valence-corrected chi connectivity index (χ1v) is 10.7. The Morgan fingerprint density at radius 2 is 1.78 bits per heavy atom. The summed E-state index contributed by atoms with van der Waals surface area (Å²) < 4.78 is 10.8. The van der Waals surface area contributed by atoms with E-state index < -0.39 is 0 Å². The highest BCUT2D eigenvalue weighted by molar-refractivity contribution is 14.0. The molecule has 1 aliphatic rings.